The Kier molecular flexibility index (Phi) is 7.49. The number of nitrogens with zero attached hydrogens (tertiary/aromatic N) is 1. The first kappa shape index (κ1) is 21.4. The molecule has 1 saturated heterocycles. The maximum absolute atomic E-state index is 12.6. The highest BCUT2D eigenvalue weighted by molar-refractivity contribution is 5.92. The minimum Gasteiger partial charge on any atom is -0.493 e. The van der Waals surface area contributed by atoms with Crippen molar-refractivity contribution in [3.63, 3.8) is 0 Å². The number of carbonyl (C=O) groups excluding carboxylic acids is 2. The highest BCUT2D eigenvalue weighted by atomic mass is 16.5. The summed E-state index contributed by atoms with van der Waals surface area (Å²) in [6.45, 7) is 1.35. The summed E-state index contributed by atoms with van der Waals surface area (Å²) in [5.41, 5.74) is 7.27. The second-order valence-electron chi connectivity index (χ2n) is 7.46. The summed E-state index contributed by atoms with van der Waals surface area (Å²) >= 11 is 0. The molecule has 3 rings (SSSR count). The minimum absolute atomic E-state index is 0.0150. The number of likely N-dealkylation sites (tertiary alicyclic amines) is 1. The van der Waals surface area contributed by atoms with E-state index in [1.54, 1.807) is 30.4 Å². The van der Waals surface area contributed by atoms with Crippen molar-refractivity contribution in [3.05, 3.63) is 65.7 Å². The Bertz CT molecular complexity index is 887. The van der Waals surface area contributed by atoms with Crippen molar-refractivity contribution in [1.29, 1.82) is 0 Å². The molecule has 6 heteroatoms. The molecule has 1 aliphatic rings. The lowest BCUT2D eigenvalue weighted by molar-refractivity contribution is -0.127. The van der Waals surface area contributed by atoms with E-state index >= 15 is 0 Å². The monoisotopic (exact) mass is 408 g/mol. The summed E-state index contributed by atoms with van der Waals surface area (Å²) in [4.78, 5) is 25.4. The quantitative estimate of drug-likeness (QED) is 0.681. The van der Waals surface area contributed by atoms with Gasteiger partial charge in [0, 0.05) is 19.2 Å². The third kappa shape index (κ3) is 6.11. The fraction of sp³-hybridized carbons (Fsp3) is 0.333. The molecule has 1 aliphatic heterocycles. The van der Waals surface area contributed by atoms with Gasteiger partial charge in [-0.15, -0.1) is 0 Å². The Morgan fingerprint density at radius 3 is 2.50 bits per heavy atom. The number of piperidine rings is 1. The van der Waals surface area contributed by atoms with Crippen molar-refractivity contribution in [2.24, 2.45) is 11.7 Å². The van der Waals surface area contributed by atoms with Crippen molar-refractivity contribution in [2.75, 3.05) is 26.8 Å². The van der Waals surface area contributed by atoms with E-state index in [0.29, 0.717) is 17.4 Å². The maximum Gasteiger partial charge on any atom is 0.255 e. The largest absolute Gasteiger partial charge is 0.493 e. The smallest absolute Gasteiger partial charge is 0.255 e. The number of ether oxygens (including phenoxy) is 2. The number of carbonyl (C=O) groups is 2. The number of hydrogen-bond acceptors (Lipinski definition) is 4. The molecule has 0 spiro atoms. The van der Waals surface area contributed by atoms with E-state index in [0.717, 1.165) is 37.9 Å². The molecule has 0 aliphatic carbocycles. The lowest BCUT2D eigenvalue weighted by Crippen LogP contribution is -2.37. The van der Waals surface area contributed by atoms with Gasteiger partial charge in [0.05, 0.1) is 7.11 Å². The molecule has 6 nitrogen and oxygen atoms in total. The van der Waals surface area contributed by atoms with Crippen LogP contribution in [0.4, 0.5) is 0 Å². The van der Waals surface area contributed by atoms with Gasteiger partial charge in [0.1, 0.15) is 0 Å². The van der Waals surface area contributed by atoms with Gasteiger partial charge < -0.3 is 20.1 Å². The van der Waals surface area contributed by atoms with E-state index in [9.17, 15) is 9.59 Å². The first-order valence-electron chi connectivity index (χ1n) is 10.1. The molecule has 1 fully saturated rings. The van der Waals surface area contributed by atoms with Crippen LogP contribution in [0.25, 0.3) is 6.08 Å². The number of benzene rings is 2. The molecule has 2 aromatic carbocycles. The number of amides is 2. The van der Waals surface area contributed by atoms with Crippen molar-refractivity contribution < 1.29 is 19.1 Å². The van der Waals surface area contributed by atoms with E-state index in [1.165, 1.54) is 12.7 Å². The number of nitrogens with two attached hydrogens (primary N) is 1. The van der Waals surface area contributed by atoms with Gasteiger partial charge in [-0.05, 0) is 54.5 Å². The Morgan fingerprint density at radius 2 is 1.83 bits per heavy atom. The molecule has 30 heavy (non-hydrogen) atoms. The van der Waals surface area contributed by atoms with Crippen LogP contribution in [0.2, 0.25) is 0 Å². The molecule has 0 bridgehead atoms. The molecule has 0 saturated carbocycles. The van der Waals surface area contributed by atoms with Gasteiger partial charge in [0.25, 0.3) is 5.91 Å². The third-order valence-corrected chi connectivity index (χ3v) is 5.27. The van der Waals surface area contributed by atoms with E-state index in [2.05, 4.69) is 24.3 Å². The molecule has 2 amide bonds. The number of primary amides is 1. The molecule has 0 atom stereocenters. The first-order valence-corrected chi connectivity index (χ1v) is 10.1. The van der Waals surface area contributed by atoms with Gasteiger partial charge in [-0.2, -0.15) is 0 Å². The average Bonchev–Trinajstić information content (AvgIpc) is 2.77. The number of hydrogen-bond donors (Lipinski definition) is 1. The molecule has 0 radical (unpaired) electrons. The number of methoxy groups -OCH3 is 1. The van der Waals surface area contributed by atoms with E-state index in [1.807, 2.05) is 11.0 Å². The predicted molar refractivity (Wildman–Crippen MR) is 116 cm³/mol. The Morgan fingerprint density at radius 1 is 1.10 bits per heavy atom. The second-order valence-corrected chi connectivity index (χ2v) is 7.46. The van der Waals surface area contributed by atoms with Gasteiger partial charge in [0.2, 0.25) is 5.91 Å². The van der Waals surface area contributed by atoms with Gasteiger partial charge in [-0.3, -0.25) is 9.59 Å². The van der Waals surface area contributed by atoms with E-state index in [-0.39, 0.29) is 12.5 Å². The minimum atomic E-state index is -0.556. The standard InChI is InChI=1S/C24H28N2O4/c1-29-22-16-19(7-9-21(22)30-17-23(25)27)8-10-24(28)26-13-11-20(12-14-26)15-18-5-3-2-4-6-18/h2-10,16,20H,11-15,17H2,1H3,(H2,25,27)/b10-8+. The summed E-state index contributed by atoms with van der Waals surface area (Å²) in [7, 11) is 1.52. The summed E-state index contributed by atoms with van der Waals surface area (Å²) in [5, 5.41) is 0. The number of rotatable bonds is 8. The van der Waals surface area contributed by atoms with Gasteiger partial charge >= 0.3 is 0 Å². The fourth-order valence-electron chi connectivity index (χ4n) is 3.63. The second kappa shape index (κ2) is 10.5. The lowest BCUT2D eigenvalue weighted by atomic mass is 9.90. The summed E-state index contributed by atoms with van der Waals surface area (Å²) in [5.74, 6) is 0.992. The van der Waals surface area contributed by atoms with Gasteiger partial charge in [-0.25, -0.2) is 0 Å². The van der Waals surface area contributed by atoms with Crippen LogP contribution in [0, 0.1) is 5.92 Å². The van der Waals surface area contributed by atoms with Crippen LogP contribution < -0.4 is 15.2 Å². The molecule has 0 unspecified atom stereocenters. The summed E-state index contributed by atoms with van der Waals surface area (Å²) in [6, 6.07) is 15.8. The molecule has 0 aromatic heterocycles. The first-order chi connectivity index (χ1) is 14.5. The van der Waals surface area contributed by atoms with Crippen LogP contribution in [-0.2, 0) is 16.0 Å². The SMILES string of the molecule is COc1cc(/C=C/C(=O)N2CCC(Cc3ccccc3)CC2)ccc1OCC(N)=O. The lowest BCUT2D eigenvalue weighted by Gasteiger charge is -2.31. The van der Waals surface area contributed by atoms with Crippen LogP contribution >= 0.6 is 0 Å². The topological polar surface area (TPSA) is 81.9 Å². The maximum atomic E-state index is 12.6. The molecule has 158 valence electrons. The Hall–Kier alpha value is -3.28. The Labute approximate surface area is 177 Å². The highest BCUT2D eigenvalue weighted by Crippen LogP contribution is 2.28. The average molecular weight is 408 g/mol. The Balaban J connectivity index is 1.52. The predicted octanol–water partition coefficient (Wildman–Crippen LogP) is 3.05. The van der Waals surface area contributed by atoms with Crippen molar-refractivity contribution in [3.8, 4) is 11.5 Å². The van der Waals surface area contributed by atoms with Crippen LogP contribution in [0.3, 0.4) is 0 Å². The zero-order valence-corrected chi connectivity index (χ0v) is 17.3. The fourth-order valence-corrected chi connectivity index (χ4v) is 3.63. The van der Waals surface area contributed by atoms with Crippen molar-refractivity contribution in [1.82, 2.24) is 4.90 Å². The van der Waals surface area contributed by atoms with Crippen molar-refractivity contribution >= 4 is 17.9 Å². The van der Waals surface area contributed by atoms with Crippen LogP contribution in [0.15, 0.2) is 54.6 Å². The zero-order chi connectivity index (χ0) is 21.3. The molecule has 2 aromatic rings. The van der Waals surface area contributed by atoms with Crippen LogP contribution in [0.5, 0.6) is 11.5 Å². The van der Waals surface area contributed by atoms with Crippen LogP contribution in [0.1, 0.15) is 24.0 Å². The molecule has 1 heterocycles. The van der Waals surface area contributed by atoms with Crippen molar-refractivity contribution in [2.45, 2.75) is 19.3 Å². The summed E-state index contributed by atoms with van der Waals surface area (Å²) < 4.78 is 10.6. The van der Waals surface area contributed by atoms with E-state index in [4.69, 9.17) is 15.2 Å². The highest BCUT2D eigenvalue weighted by Gasteiger charge is 2.21. The molecular weight excluding hydrogens is 380 g/mol. The third-order valence-electron chi connectivity index (χ3n) is 5.27. The van der Waals surface area contributed by atoms with E-state index < -0.39 is 5.91 Å². The molecular formula is C24H28N2O4. The zero-order valence-electron chi connectivity index (χ0n) is 17.3. The van der Waals surface area contributed by atoms with Crippen LogP contribution in [-0.4, -0.2) is 43.5 Å². The molecule has 2 N–H and O–H groups in total. The van der Waals surface area contributed by atoms with Gasteiger partial charge in [0.15, 0.2) is 18.1 Å². The summed E-state index contributed by atoms with van der Waals surface area (Å²) in [6.07, 6.45) is 6.47. The van der Waals surface area contributed by atoms with Gasteiger partial charge in [-0.1, -0.05) is 36.4 Å². The normalized spacial score (nSPS) is 14.6.